The number of nitrogens with zero attached hydrogens (tertiary/aromatic N) is 2. The highest BCUT2D eigenvalue weighted by atomic mass is 79.9. The predicted octanol–water partition coefficient (Wildman–Crippen LogP) is 7.68. The van der Waals surface area contributed by atoms with Crippen molar-refractivity contribution < 1.29 is 18.7 Å². The Balaban J connectivity index is 1.10. The molecule has 0 bridgehead atoms. The third-order valence-corrected chi connectivity index (χ3v) is 7.06. The molecule has 0 saturated carbocycles. The molecule has 5 aromatic rings. The summed E-state index contributed by atoms with van der Waals surface area (Å²) in [6.45, 7) is 6.88. The molecular weight excluding hydrogens is 582 g/mol. The Kier molecular flexibility index (Phi) is 8.70. The van der Waals surface area contributed by atoms with Gasteiger partial charge in [0, 0.05) is 17.1 Å². The van der Waals surface area contributed by atoms with E-state index in [4.69, 9.17) is 13.9 Å². The number of amides is 1. The van der Waals surface area contributed by atoms with E-state index in [1.54, 1.807) is 18.3 Å². The van der Waals surface area contributed by atoms with Gasteiger partial charge in [-0.3, -0.25) is 4.79 Å². The lowest BCUT2D eigenvalue weighted by atomic mass is 10.1. The zero-order valence-electron chi connectivity index (χ0n) is 23.1. The Labute approximate surface area is 247 Å². The second-order valence-corrected chi connectivity index (χ2v) is 10.5. The van der Waals surface area contributed by atoms with E-state index in [1.165, 1.54) is 17.0 Å². The van der Waals surface area contributed by atoms with Crippen molar-refractivity contribution in [3.8, 4) is 17.2 Å². The van der Waals surface area contributed by atoms with E-state index in [9.17, 15) is 4.79 Å². The van der Waals surface area contributed by atoms with Gasteiger partial charge >= 0.3 is 5.91 Å². The molecule has 2 heterocycles. The second kappa shape index (κ2) is 12.7. The fourth-order valence-corrected chi connectivity index (χ4v) is 4.91. The van der Waals surface area contributed by atoms with Crippen molar-refractivity contribution in [1.82, 2.24) is 9.99 Å². The molecule has 5 rings (SSSR count). The highest BCUT2D eigenvalue weighted by molar-refractivity contribution is 9.10. The van der Waals surface area contributed by atoms with E-state index < -0.39 is 5.91 Å². The minimum atomic E-state index is -0.452. The van der Waals surface area contributed by atoms with Gasteiger partial charge in [0.2, 0.25) is 0 Å². The lowest BCUT2D eigenvalue weighted by Gasteiger charge is -2.10. The van der Waals surface area contributed by atoms with Crippen LogP contribution in [0.4, 0.5) is 0 Å². The largest absolute Gasteiger partial charge is 0.488 e. The van der Waals surface area contributed by atoms with Crippen LogP contribution in [0.25, 0.3) is 5.69 Å². The number of ether oxygens (including phenoxy) is 2. The van der Waals surface area contributed by atoms with Gasteiger partial charge in [0.25, 0.3) is 0 Å². The number of hydrogen-bond donors (Lipinski definition) is 1. The molecule has 0 spiro atoms. The molecule has 3 aromatic carbocycles. The third kappa shape index (κ3) is 7.15. The Morgan fingerprint density at radius 2 is 1.68 bits per heavy atom. The SMILES string of the molecule is Cc1cccc(COc2ccc(/C=N/NC(=O)c3ccc(COc4ccc(-n5c(C)ccc5C)cc4)o3)cc2Br)c1. The molecule has 0 saturated heterocycles. The highest BCUT2D eigenvalue weighted by Crippen LogP contribution is 2.26. The summed E-state index contributed by atoms with van der Waals surface area (Å²) in [5.41, 5.74) is 9.00. The smallest absolute Gasteiger partial charge is 0.307 e. The molecule has 0 atom stereocenters. The quantitative estimate of drug-likeness (QED) is 0.130. The molecule has 208 valence electrons. The minimum absolute atomic E-state index is 0.149. The first-order valence-corrected chi connectivity index (χ1v) is 13.9. The van der Waals surface area contributed by atoms with Crippen LogP contribution in [0.15, 0.2) is 105 Å². The molecule has 0 aliphatic rings. The van der Waals surface area contributed by atoms with E-state index in [1.807, 2.05) is 54.6 Å². The van der Waals surface area contributed by atoms with Crippen molar-refractivity contribution in [3.05, 3.63) is 135 Å². The lowest BCUT2D eigenvalue weighted by molar-refractivity contribution is 0.0923. The van der Waals surface area contributed by atoms with E-state index in [0.29, 0.717) is 18.1 Å². The fourth-order valence-electron chi connectivity index (χ4n) is 4.40. The number of hydrogen-bond acceptors (Lipinski definition) is 5. The first kappa shape index (κ1) is 28.0. The van der Waals surface area contributed by atoms with Crippen LogP contribution in [-0.4, -0.2) is 16.7 Å². The van der Waals surface area contributed by atoms with Gasteiger partial charge < -0.3 is 18.5 Å². The number of hydrazone groups is 1. The standard InChI is InChI=1S/C33H30BrN3O4/c1-22-5-4-6-26(17-22)20-40-31-15-9-25(18-30(31)34)19-35-36-33(38)32-16-14-29(41-32)21-39-28-12-10-27(11-13-28)37-23(2)7-8-24(37)3/h4-19H,20-21H2,1-3H3,(H,36,38)/b35-19+. The Morgan fingerprint density at radius 3 is 2.41 bits per heavy atom. The molecule has 2 aromatic heterocycles. The molecule has 0 aliphatic heterocycles. The first-order chi connectivity index (χ1) is 19.9. The third-order valence-electron chi connectivity index (χ3n) is 6.45. The topological polar surface area (TPSA) is 78.0 Å². The average Bonchev–Trinajstić information content (AvgIpc) is 3.58. The molecule has 1 N–H and O–H groups in total. The number of carbonyl (C=O) groups excluding carboxylic acids is 1. The van der Waals surface area contributed by atoms with Crippen molar-refractivity contribution in [2.45, 2.75) is 34.0 Å². The van der Waals surface area contributed by atoms with Crippen LogP contribution in [0.1, 0.15) is 44.4 Å². The van der Waals surface area contributed by atoms with Crippen molar-refractivity contribution >= 4 is 28.1 Å². The van der Waals surface area contributed by atoms with E-state index in [2.05, 4.69) is 76.1 Å². The van der Waals surface area contributed by atoms with Crippen LogP contribution in [0, 0.1) is 20.8 Å². The summed E-state index contributed by atoms with van der Waals surface area (Å²) in [7, 11) is 0. The summed E-state index contributed by atoms with van der Waals surface area (Å²) in [4.78, 5) is 12.5. The molecule has 0 aliphatic carbocycles. The summed E-state index contributed by atoms with van der Waals surface area (Å²) in [6, 6.07) is 29.2. The monoisotopic (exact) mass is 611 g/mol. The van der Waals surface area contributed by atoms with Crippen LogP contribution in [0.2, 0.25) is 0 Å². The molecule has 0 unspecified atom stereocenters. The van der Waals surface area contributed by atoms with Gasteiger partial charge in [0.15, 0.2) is 5.76 Å². The molecular formula is C33H30BrN3O4. The van der Waals surface area contributed by atoms with Gasteiger partial charge in [-0.25, -0.2) is 5.43 Å². The highest BCUT2D eigenvalue weighted by Gasteiger charge is 2.11. The number of aromatic nitrogens is 1. The second-order valence-electron chi connectivity index (χ2n) is 9.67. The summed E-state index contributed by atoms with van der Waals surface area (Å²) >= 11 is 3.54. The number of benzene rings is 3. The van der Waals surface area contributed by atoms with Crippen LogP contribution in [-0.2, 0) is 13.2 Å². The number of nitrogens with one attached hydrogen (secondary N) is 1. The maximum absolute atomic E-state index is 12.5. The Hall–Kier alpha value is -4.56. The van der Waals surface area contributed by atoms with Gasteiger partial charge in [0.1, 0.15) is 30.5 Å². The summed E-state index contributed by atoms with van der Waals surface area (Å²) in [6.07, 6.45) is 1.56. The maximum Gasteiger partial charge on any atom is 0.307 e. The van der Waals surface area contributed by atoms with Crippen molar-refractivity contribution in [1.29, 1.82) is 0 Å². The predicted molar refractivity (Wildman–Crippen MR) is 163 cm³/mol. The van der Waals surface area contributed by atoms with Crippen LogP contribution in [0.3, 0.4) is 0 Å². The number of furan rings is 1. The first-order valence-electron chi connectivity index (χ1n) is 13.1. The van der Waals surface area contributed by atoms with Crippen molar-refractivity contribution in [3.63, 3.8) is 0 Å². The average molecular weight is 613 g/mol. The van der Waals surface area contributed by atoms with E-state index >= 15 is 0 Å². The Morgan fingerprint density at radius 1 is 0.902 bits per heavy atom. The van der Waals surface area contributed by atoms with Crippen molar-refractivity contribution in [2.75, 3.05) is 0 Å². The van der Waals surface area contributed by atoms with Gasteiger partial charge in [-0.15, -0.1) is 0 Å². The van der Waals surface area contributed by atoms with Crippen LogP contribution < -0.4 is 14.9 Å². The van der Waals surface area contributed by atoms with Gasteiger partial charge in [-0.05, 0) is 115 Å². The zero-order valence-corrected chi connectivity index (χ0v) is 24.6. The van der Waals surface area contributed by atoms with Crippen LogP contribution >= 0.6 is 15.9 Å². The van der Waals surface area contributed by atoms with Crippen LogP contribution in [0.5, 0.6) is 11.5 Å². The number of aryl methyl sites for hydroxylation is 3. The summed E-state index contributed by atoms with van der Waals surface area (Å²) in [5.74, 6) is 1.66. The molecule has 1 amide bonds. The van der Waals surface area contributed by atoms with Gasteiger partial charge in [-0.2, -0.15) is 5.10 Å². The number of halogens is 1. The normalized spacial score (nSPS) is 11.1. The van der Waals surface area contributed by atoms with Gasteiger partial charge in [0.05, 0.1) is 10.7 Å². The molecule has 7 nitrogen and oxygen atoms in total. The molecule has 0 fully saturated rings. The molecule has 0 radical (unpaired) electrons. The molecule has 8 heteroatoms. The minimum Gasteiger partial charge on any atom is -0.488 e. The maximum atomic E-state index is 12.5. The number of carbonyl (C=O) groups is 1. The molecule has 41 heavy (non-hydrogen) atoms. The number of rotatable bonds is 10. The van der Waals surface area contributed by atoms with E-state index in [0.717, 1.165) is 27.0 Å². The Bertz CT molecular complexity index is 1670. The lowest BCUT2D eigenvalue weighted by Crippen LogP contribution is -2.16. The summed E-state index contributed by atoms with van der Waals surface area (Å²) in [5, 5.41) is 4.06. The summed E-state index contributed by atoms with van der Waals surface area (Å²) < 4.78 is 20.4. The zero-order chi connectivity index (χ0) is 28.8. The van der Waals surface area contributed by atoms with E-state index in [-0.39, 0.29) is 12.4 Å². The van der Waals surface area contributed by atoms with Crippen molar-refractivity contribution in [2.24, 2.45) is 5.10 Å². The van der Waals surface area contributed by atoms with Gasteiger partial charge in [-0.1, -0.05) is 29.8 Å². The fraction of sp³-hybridized carbons (Fsp3) is 0.152.